The van der Waals surface area contributed by atoms with Crippen LogP contribution in [0.25, 0.3) is 11.6 Å². The van der Waals surface area contributed by atoms with Crippen LogP contribution in [0.4, 0.5) is 0 Å². The van der Waals surface area contributed by atoms with Crippen molar-refractivity contribution in [3.05, 3.63) is 41.4 Å². The van der Waals surface area contributed by atoms with Gasteiger partial charge in [0.1, 0.15) is 0 Å². The Morgan fingerprint density at radius 1 is 1.17 bits per heavy atom. The summed E-state index contributed by atoms with van der Waals surface area (Å²) in [5.74, 6) is 0.585. The van der Waals surface area contributed by atoms with Crippen LogP contribution in [-0.4, -0.2) is 43.4 Å². The van der Waals surface area contributed by atoms with Crippen molar-refractivity contribution < 1.29 is 18.7 Å². The molecule has 3 rings (SSSR count). The topological polar surface area (TPSA) is 92.2 Å². The largest absolute Gasteiger partial charge is 0.461 e. The molecule has 3 heterocycles. The summed E-state index contributed by atoms with van der Waals surface area (Å²) < 4.78 is 14.5. The summed E-state index contributed by atoms with van der Waals surface area (Å²) in [7, 11) is 0. The van der Waals surface area contributed by atoms with Crippen molar-refractivity contribution in [1.29, 1.82) is 0 Å². The van der Waals surface area contributed by atoms with Crippen LogP contribution in [0.1, 0.15) is 35.6 Å². The third-order valence-corrected chi connectivity index (χ3v) is 5.59. The second-order valence-electron chi connectivity index (χ2n) is 6.43. The van der Waals surface area contributed by atoms with E-state index in [4.69, 9.17) is 9.15 Å². The molecule has 9 heteroatoms. The molecular weight excluding hydrogens is 392 g/mol. The first-order valence-corrected chi connectivity index (χ1v) is 10.4. The van der Waals surface area contributed by atoms with Gasteiger partial charge in [0, 0.05) is 30.0 Å². The van der Waals surface area contributed by atoms with E-state index in [2.05, 4.69) is 14.8 Å². The van der Waals surface area contributed by atoms with Gasteiger partial charge in [-0.3, -0.25) is 14.2 Å². The van der Waals surface area contributed by atoms with Gasteiger partial charge in [0.2, 0.25) is 5.78 Å². The van der Waals surface area contributed by atoms with Crippen LogP contribution >= 0.6 is 11.8 Å². The molecule has 0 aromatic carbocycles. The Balaban J connectivity index is 1.56. The fraction of sp³-hybridized carbons (Fsp3) is 0.400. The zero-order chi connectivity index (χ0) is 21.0. The monoisotopic (exact) mass is 416 g/mol. The first-order chi connectivity index (χ1) is 14.0. The number of ketones is 1. The van der Waals surface area contributed by atoms with E-state index in [9.17, 15) is 9.59 Å². The number of hydrogen-bond acceptors (Lipinski definition) is 7. The molecule has 0 bridgehead atoms. The minimum Gasteiger partial charge on any atom is -0.461 e. The maximum atomic E-state index is 12.4. The van der Waals surface area contributed by atoms with E-state index in [-0.39, 0.29) is 18.1 Å². The van der Waals surface area contributed by atoms with Gasteiger partial charge in [-0.25, -0.2) is 0 Å². The van der Waals surface area contributed by atoms with Gasteiger partial charge in [-0.2, -0.15) is 0 Å². The van der Waals surface area contributed by atoms with Crippen LogP contribution in [0.2, 0.25) is 0 Å². The average molecular weight is 417 g/mol. The Hall–Kier alpha value is -2.81. The molecule has 0 saturated carbocycles. The van der Waals surface area contributed by atoms with E-state index < -0.39 is 5.97 Å². The highest BCUT2D eigenvalue weighted by Crippen LogP contribution is 2.24. The Labute approximate surface area is 173 Å². The lowest BCUT2D eigenvalue weighted by Gasteiger charge is -2.07. The molecule has 0 aliphatic carbocycles. The van der Waals surface area contributed by atoms with Crippen LogP contribution in [0, 0.1) is 13.8 Å². The SMILES string of the molecule is CCn1c(SCC(=O)OCC(=O)c2cc(C)n(CC)c2C)nnc1-c1ccco1. The highest BCUT2D eigenvalue weighted by molar-refractivity contribution is 7.99. The van der Waals surface area contributed by atoms with Gasteiger partial charge in [-0.15, -0.1) is 10.2 Å². The minimum atomic E-state index is -0.474. The van der Waals surface area contributed by atoms with Crippen molar-refractivity contribution in [3.63, 3.8) is 0 Å². The lowest BCUT2D eigenvalue weighted by molar-refractivity contribution is -0.139. The lowest BCUT2D eigenvalue weighted by Crippen LogP contribution is -2.16. The number of furan rings is 1. The predicted molar refractivity (Wildman–Crippen MR) is 109 cm³/mol. The number of Topliss-reactive ketones (excluding diaryl/α,β-unsaturated/α-hetero) is 1. The molecule has 0 atom stereocenters. The van der Waals surface area contributed by atoms with E-state index in [0.29, 0.717) is 28.8 Å². The molecule has 0 radical (unpaired) electrons. The van der Waals surface area contributed by atoms with Crippen molar-refractivity contribution in [2.24, 2.45) is 0 Å². The van der Waals surface area contributed by atoms with Crippen LogP contribution in [0.5, 0.6) is 0 Å². The molecule has 0 saturated heterocycles. The second kappa shape index (κ2) is 9.13. The number of hydrogen-bond donors (Lipinski definition) is 0. The van der Waals surface area contributed by atoms with Crippen molar-refractivity contribution in [2.75, 3.05) is 12.4 Å². The number of carbonyl (C=O) groups excluding carboxylic acids is 2. The van der Waals surface area contributed by atoms with Gasteiger partial charge in [-0.05, 0) is 45.9 Å². The third-order valence-electron chi connectivity index (χ3n) is 4.65. The summed E-state index contributed by atoms with van der Waals surface area (Å²) in [5.41, 5.74) is 2.50. The first-order valence-electron chi connectivity index (χ1n) is 9.41. The fourth-order valence-corrected chi connectivity index (χ4v) is 4.03. The van der Waals surface area contributed by atoms with Gasteiger partial charge in [-0.1, -0.05) is 11.8 Å². The Kier molecular flexibility index (Phi) is 6.58. The molecule has 8 nitrogen and oxygen atoms in total. The van der Waals surface area contributed by atoms with E-state index in [0.717, 1.165) is 17.9 Å². The Morgan fingerprint density at radius 2 is 1.93 bits per heavy atom. The number of thioether (sulfide) groups is 1. The van der Waals surface area contributed by atoms with E-state index >= 15 is 0 Å². The number of rotatable bonds is 9. The summed E-state index contributed by atoms with van der Waals surface area (Å²) in [5, 5.41) is 8.86. The zero-order valence-electron chi connectivity index (χ0n) is 17.0. The van der Waals surface area contributed by atoms with Crippen molar-refractivity contribution in [1.82, 2.24) is 19.3 Å². The molecule has 3 aromatic heterocycles. The molecule has 0 spiro atoms. The summed E-state index contributed by atoms with van der Waals surface area (Å²) in [6.07, 6.45) is 1.57. The molecular formula is C20H24N4O4S. The normalized spacial score (nSPS) is 11.0. The quantitative estimate of drug-likeness (QED) is 0.299. The summed E-state index contributed by atoms with van der Waals surface area (Å²) in [6.45, 7) is 8.99. The third kappa shape index (κ3) is 4.45. The van der Waals surface area contributed by atoms with Crippen LogP contribution in [0.15, 0.2) is 34.0 Å². The zero-order valence-corrected chi connectivity index (χ0v) is 17.8. The molecule has 0 amide bonds. The van der Waals surface area contributed by atoms with Gasteiger partial charge >= 0.3 is 5.97 Å². The number of aryl methyl sites for hydroxylation is 1. The number of ether oxygens (including phenoxy) is 1. The number of nitrogens with zero attached hydrogens (tertiary/aromatic N) is 4. The summed E-state index contributed by atoms with van der Waals surface area (Å²) >= 11 is 1.22. The molecule has 29 heavy (non-hydrogen) atoms. The molecule has 0 aliphatic rings. The van der Waals surface area contributed by atoms with Gasteiger partial charge in [0.15, 0.2) is 23.3 Å². The molecule has 0 aliphatic heterocycles. The number of esters is 1. The first kappa shape index (κ1) is 20.9. The lowest BCUT2D eigenvalue weighted by atomic mass is 10.1. The number of carbonyl (C=O) groups is 2. The predicted octanol–water partition coefficient (Wildman–Crippen LogP) is 3.51. The van der Waals surface area contributed by atoms with Crippen molar-refractivity contribution in [3.8, 4) is 11.6 Å². The average Bonchev–Trinajstić information content (AvgIpc) is 3.43. The summed E-state index contributed by atoms with van der Waals surface area (Å²) in [6, 6.07) is 5.42. The second-order valence-corrected chi connectivity index (χ2v) is 7.37. The molecule has 154 valence electrons. The van der Waals surface area contributed by atoms with Crippen LogP contribution in [-0.2, 0) is 22.6 Å². The van der Waals surface area contributed by atoms with Crippen LogP contribution < -0.4 is 0 Å². The minimum absolute atomic E-state index is 0.0392. The maximum Gasteiger partial charge on any atom is 0.316 e. The van der Waals surface area contributed by atoms with E-state index in [1.54, 1.807) is 18.4 Å². The standard InChI is InChI=1S/C20H24N4O4S/c1-5-23-13(3)10-15(14(23)4)16(25)11-28-18(26)12-29-20-22-21-19(24(20)6-2)17-8-7-9-27-17/h7-10H,5-6,11-12H2,1-4H3. The molecule has 0 unspecified atom stereocenters. The van der Waals surface area contributed by atoms with Crippen LogP contribution in [0.3, 0.4) is 0 Å². The van der Waals surface area contributed by atoms with Gasteiger partial charge in [0.25, 0.3) is 0 Å². The summed E-state index contributed by atoms with van der Waals surface area (Å²) in [4.78, 5) is 24.6. The van der Waals surface area contributed by atoms with E-state index in [1.807, 2.05) is 38.3 Å². The molecule has 0 fully saturated rings. The Bertz CT molecular complexity index is 1000. The smallest absolute Gasteiger partial charge is 0.316 e. The van der Waals surface area contributed by atoms with Crippen molar-refractivity contribution >= 4 is 23.5 Å². The van der Waals surface area contributed by atoms with Gasteiger partial charge < -0.3 is 13.7 Å². The molecule has 0 N–H and O–H groups in total. The highest BCUT2D eigenvalue weighted by atomic mass is 32.2. The van der Waals surface area contributed by atoms with E-state index in [1.165, 1.54) is 11.8 Å². The number of aromatic nitrogens is 4. The fourth-order valence-electron chi connectivity index (χ4n) is 3.23. The van der Waals surface area contributed by atoms with Gasteiger partial charge in [0.05, 0.1) is 12.0 Å². The van der Waals surface area contributed by atoms with Crippen molar-refractivity contribution in [2.45, 2.75) is 45.9 Å². The maximum absolute atomic E-state index is 12.4. The molecule has 3 aromatic rings. The highest BCUT2D eigenvalue weighted by Gasteiger charge is 2.19. The Morgan fingerprint density at radius 3 is 2.55 bits per heavy atom.